The quantitative estimate of drug-likeness (QED) is 0.579. The van der Waals surface area contributed by atoms with Gasteiger partial charge in [-0.3, -0.25) is 9.89 Å². The predicted molar refractivity (Wildman–Crippen MR) is 80.7 cm³/mol. The maximum atomic E-state index is 5.41. The van der Waals surface area contributed by atoms with Gasteiger partial charge < -0.3 is 15.4 Å². The van der Waals surface area contributed by atoms with Gasteiger partial charge in [0.1, 0.15) is 0 Å². The molecule has 0 aliphatic carbocycles. The van der Waals surface area contributed by atoms with Crippen LogP contribution in [0, 0.1) is 0 Å². The smallest absolute Gasteiger partial charge is 0.191 e. The highest BCUT2D eigenvalue weighted by Crippen LogP contribution is 2.14. The van der Waals surface area contributed by atoms with Gasteiger partial charge in [-0.05, 0) is 27.2 Å². The fourth-order valence-corrected chi connectivity index (χ4v) is 2.11. The summed E-state index contributed by atoms with van der Waals surface area (Å²) < 4.78 is 5.41. The number of guanidine groups is 1. The Hall–Kier alpha value is -0.810. The van der Waals surface area contributed by atoms with E-state index in [1.807, 2.05) is 7.05 Å². The lowest BCUT2D eigenvalue weighted by molar-refractivity contribution is -0.00834. The zero-order valence-corrected chi connectivity index (χ0v) is 13.1. The minimum absolute atomic E-state index is 0.108. The molecular formula is C14H30N4O. The van der Waals surface area contributed by atoms with Crippen molar-refractivity contribution in [2.45, 2.75) is 45.7 Å². The third kappa shape index (κ3) is 5.37. The molecule has 1 atom stereocenters. The third-order valence-corrected chi connectivity index (χ3v) is 3.77. The van der Waals surface area contributed by atoms with E-state index in [1.165, 1.54) is 0 Å². The molecule has 5 heteroatoms. The fraction of sp³-hybridized carbons (Fsp3) is 0.929. The van der Waals surface area contributed by atoms with E-state index < -0.39 is 0 Å². The van der Waals surface area contributed by atoms with Crippen molar-refractivity contribution in [2.75, 3.05) is 39.9 Å². The first kappa shape index (κ1) is 16.2. The lowest BCUT2D eigenvalue weighted by Gasteiger charge is -2.41. The van der Waals surface area contributed by atoms with E-state index >= 15 is 0 Å². The molecule has 1 heterocycles. The summed E-state index contributed by atoms with van der Waals surface area (Å²) in [4.78, 5) is 6.75. The summed E-state index contributed by atoms with van der Waals surface area (Å²) in [5.41, 5.74) is 0.108. The SMILES string of the molecule is CCC(C)NC(=NC)NCC(C)(C)N1CCOCC1. The molecule has 1 unspecified atom stereocenters. The number of morpholine rings is 1. The summed E-state index contributed by atoms with van der Waals surface area (Å²) in [6, 6.07) is 0.442. The van der Waals surface area contributed by atoms with E-state index in [2.05, 4.69) is 48.2 Å². The molecule has 5 nitrogen and oxygen atoms in total. The molecule has 0 aromatic rings. The highest BCUT2D eigenvalue weighted by Gasteiger charge is 2.28. The fourth-order valence-electron chi connectivity index (χ4n) is 2.11. The molecule has 1 aliphatic heterocycles. The van der Waals surface area contributed by atoms with E-state index in [4.69, 9.17) is 4.74 Å². The average molecular weight is 270 g/mol. The molecule has 0 aromatic heterocycles. The topological polar surface area (TPSA) is 48.9 Å². The number of ether oxygens (including phenoxy) is 1. The van der Waals surface area contributed by atoms with Crippen LogP contribution in [0.1, 0.15) is 34.1 Å². The van der Waals surface area contributed by atoms with Crippen molar-refractivity contribution in [1.82, 2.24) is 15.5 Å². The zero-order chi connectivity index (χ0) is 14.3. The van der Waals surface area contributed by atoms with Crippen molar-refractivity contribution in [1.29, 1.82) is 0 Å². The Bertz CT molecular complexity index is 285. The lowest BCUT2D eigenvalue weighted by atomic mass is 10.0. The second-order valence-electron chi connectivity index (χ2n) is 5.79. The van der Waals surface area contributed by atoms with Crippen molar-refractivity contribution in [3.05, 3.63) is 0 Å². The normalized spacial score (nSPS) is 20.2. The van der Waals surface area contributed by atoms with Crippen LogP contribution < -0.4 is 10.6 Å². The minimum Gasteiger partial charge on any atom is -0.379 e. The standard InChI is InChI=1S/C14H30N4O/c1-6-12(2)17-13(15-5)16-11-14(3,4)18-7-9-19-10-8-18/h12H,6-11H2,1-5H3,(H2,15,16,17). The van der Waals surface area contributed by atoms with Gasteiger partial charge in [0.2, 0.25) is 0 Å². The average Bonchev–Trinajstić information content (AvgIpc) is 2.44. The summed E-state index contributed by atoms with van der Waals surface area (Å²) in [6.07, 6.45) is 1.09. The van der Waals surface area contributed by atoms with E-state index in [-0.39, 0.29) is 5.54 Å². The summed E-state index contributed by atoms with van der Waals surface area (Å²) in [7, 11) is 1.82. The Balaban J connectivity index is 2.43. The van der Waals surface area contributed by atoms with E-state index in [0.29, 0.717) is 6.04 Å². The van der Waals surface area contributed by atoms with Crippen LogP contribution in [0.3, 0.4) is 0 Å². The Kier molecular flexibility index (Phi) is 6.58. The lowest BCUT2D eigenvalue weighted by Crippen LogP contribution is -2.57. The summed E-state index contributed by atoms with van der Waals surface area (Å²) >= 11 is 0. The molecule has 1 aliphatic rings. The summed E-state index contributed by atoms with van der Waals surface area (Å²) in [6.45, 7) is 13.4. The van der Waals surface area contributed by atoms with Crippen molar-refractivity contribution < 1.29 is 4.74 Å². The Morgan fingerprint density at radius 3 is 2.53 bits per heavy atom. The maximum absolute atomic E-state index is 5.41. The van der Waals surface area contributed by atoms with Crippen LogP contribution in [-0.4, -0.2) is 62.3 Å². The predicted octanol–water partition coefficient (Wildman–Crippen LogP) is 1.06. The molecule has 0 bridgehead atoms. The van der Waals surface area contributed by atoms with E-state index in [9.17, 15) is 0 Å². The monoisotopic (exact) mass is 270 g/mol. The number of hydrogen-bond acceptors (Lipinski definition) is 3. The number of nitrogens with zero attached hydrogens (tertiary/aromatic N) is 2. The number of aliphatic imine (C=N–C) groups is 1. The Morgan fingerprint density at radius 1 is 1.37 bits per heavy atom. The number of nitrogens with one attached hydrogen (secondary N) is 2. The van der Waals surface area contributed by atoms with Crippen molar-refractivity contribution in [3.8, 4) is 0 Å². The van der Waals surface area contributed by atoms with Gasteiger partial charge in [0.15, 0.2) is 5.96 Å². The largest absolute Gasteiger partial charge is 0.379 e. The van der Waals surface area contributed by atoms with Gasteiger partial charge in [-0.2, -0.15) is 0 Å². The molecule has 19 heavy (non-hydrogen) atoms. The molecule has 0 aromatic carbocycles. The second-order valence-corrected chi connectivity index (χ2v) is 5.79. The first-order valence-electron chi connectivity index (χ1n) is 7.29. The Labute approximate surface area is 117 Å². The van der Waals surface area contributed by atoms with Crippen molar-refractivity contribution >= 4 is 5.96 Å². The van der Waals surface area contributed by atoms with Crippen LogP contribution in [0.4, 0.5) is 0 Å². The summed E-state index contributed by atoms with van der Waals surface area (Å²) in [5.74, 6) is 0.885. The number of rotatable bonds is 5. The second kappa shape index (κ2) is 7.70. The molecule has 0 saturated carbocycles. The van der Waals surface area contributed by atoms with Gasteiger partial charge in [-0.1, -0.05) is 6.92 Å². The van der Waals surface area contributed by atoms with Gasteiger partial charge in [0, 0.05) is 38.3 Å². The first-order chi connectivity index (χ1) is 8.99. The van der Waals surface area contributed by atoms with Crippen LogP contribution in [0.15, 0.2) is 4.99 Å². The van der Waals surface area contributed by atoms with Crippen LogP contribution in [-0.2, 0) is 4.74 Å². The van der Waals surface area contributed by atoms with Crippen LogP contribution in [0.25, 0.3) is 0 Å². The van der Waals surface area contributed by atoms with Gasteiger partial charge >= 0.3 is 0 Å². The van der Waals surface area contributed by atoms with Gasteiger partial charge in [-0.15, -0.1) is 0 Å². The van der Waals surface area contributed by atoms with Crippen LogP contribution >= 0.6 is 0 Å². The van der Waals surface area contributed by atoms with Crippen molar-refractivity contribution in [2.24, 2.45) is 4.99 Å². The van der Waals surface area contributed by atoms with Crippen molar-refractivity contribution in [3.63, 3.8) is 0 Å². The molecule has 1 saturated heterocycles. The molecule has 0 spiro atoms. The molecular weight excluding hydrogens is 240 g/mol. The van der Waals surface area contributed by atoms with Gasteiger partial charge in [0.05, 0.1) is 13.2 Å². The highest BCUT2D eigenvalue weighted by molar-refractivity contribution is 5.79. The summed E-state index contributed by atoms with van der Waals surface area (Å²) in [5, 5.41) is 6.82. The molecule has 1 fully saturated rings. The Morgan fingerprint density at radius 2 is 2.00 bits per heavy atom. The maximum Gasteiger partial charge on any atom is 0.191 e. The minimum atomic E-state index is 0.108. The molecule has 2 N–H and O–H groups in total. The van der Waals surface area contributed by atoms with E-state index in [0.717, 1.165) is 45.2 Å². The molecule has 0 radical (unpaired) electrons. The third-order valence-electron chi connectivity index (χ3n) is 3.77. The molecule has 0 amide bonds. The molecule has 112 valence electrons. The van der Waals surface area contributed by atoms with E-state index in [1.54, 1.807) is 0 Å². The highest BCUT2D eigenvalue weighted by atomic mass is 16.5. The van der Waals surface area contributed by atoms with Gasteiger partial charge in [0.25, 0.3) is 0 Å². The molecule has 1 rings (SSSR count). The van der Waals surface area contributed by atoms with Crippen LogP contribution in [0.2, 0.25) is 0 Å². The zero-order valence-electron chi connectivity index (χ0n) is 13.1. The van der Waals surface area contributed by atoms with Gasteiger partial charge in [-0.25, -0.2) is 0 Å². The van der Waals surface area contributed by atoms with Crippen LogP contribution in [0.5, 0.6) is 0 Å². The number of hydrogen-bond donors (Lipinski definition) is 2. The first-order valence-corrected chi connectivity index (χ1v) is 7.29.